The number of nitrogens with zero attached hydrogens (tertiary/aromatic N) is 1. The molecule has 1 aliphatic heterocycles. The molecular weight excluding hydrogens is 428 g/mol. The largest absolute Gasteiger partial charge is 0.486 e. The van der Waals surface area contributed by atoms with E-state index in [0.717, 1.165) is 0 Å². The van der Waals surface area contributed by atoms with Crippen molar-refractivity contribution < 1.29 is 32.6 Å². The summed E-state index contributed by atoms with van der Waals surface area (Å²) in [5.41, 5.74) is 0.254. The lowest BCUT2D eigenvalue weighted by Gasteiger charge is -2.25. The Morgan fingerprint density at radius 2 is 1.85 bits per heavy atom. The molecule has 0 saturated carbocycles. The van der Waals surface area contributed by atoms with Crippen molar-refractivity contribution >= 4 is 33.6 Å². The first kappa shape index (κ1) is 20.6. The van der Waals surface area contributed by atoms with Crippen LogP contribution in [-0.4, -0.2) is 39.2 Å². The van der Waals surface area contributed by atoms with E-state index in [9.17, 15) is 18.4 Å². The van der Waals surface area contributed by atoms with Gasteiger partial charge in [-0.15, -0.1) is 0 Å². The van der Waals surface area contributed by atoms with E-state index in [-0.39, 0.29) is 17.0 Å². The van der Waals surface area contributed by atoms with Crippen molar-refractivity contribution in [3.63, 3.8) is 0 Å². The Balaban J connectivity index is 2.59. The first-order chi connectivity index (χ1) is 12.9. The van der Waals surface area contributed by atoms with Gasteiger partial charge in [0.25, 0.3) is 6.43 Å². The third kappa shape index (κ3) is 4.73. The number of benzene rings is 1. The van der Waals surface area contributed by atoms with Crippen molar-refractivity contribution in [2.75, 3.05) is 25.7 Å². The number of methoxy groups -OCH3 is 2. The summed E-state index contributed by atoms with van der Waals surface area (Å²) in [6.45, 7) is -0.785. The van der Waals surface area contributed by atoms with Crippen LogP contribution in [0.15, 0.2) is 58.4 Å². The highest BCUT2D eigenvalue weighted by Crippen LogP contribution is 2.38. The minimum Gasteiger partial charge on any atom is -0.486 e. The maximum Gasteiger partial charge on any atom is 0.355 e. The number of rotatable bonds is 6. The number of hydrogen-bond donors (Lipinski definition) is 0. The molecule has 0 amide bonds. The zero-order valence-electron chi connectivity index (χ0n) is 14.4. The minimum atomic E-state index is -2.64. The number of ether oxygens (including phenoxy) is 3. The standard InChI is InChI=1S/C18H16BrF2NO5/c1-25-17(23)11-6-3-4-9-22(16(11)18(24)26-2)12-7-5-8-13(15(12)19)27-10-14(20)21/h3-9,14H,10H2,1-2H3. The van der Waals surface area contributed by atoms with E-state index in [1.807, 2.05) is 0 Å². The van der Waals surface area contributed by atoms with Crippen LogP contribution in [0.5, 0.6) is 5.75 Å². The summed E-state index contributed by atoms with van der Waals surface area (Å²) in [4.78, 5) is 25.9. The fraction of sp³-hybridized carbons (Fsp3) is 0.222. The van der Waals surface area contributed by atoms with Gasteiger partial charge in [0, 0.05) is 6.20 Å². The van der Waals surface area contributed by atoms with E-state index in [2.05, 4.69) is 15.9 Å². The third-order valence-electron chi connectivity index (χ3n) is 3.46. The Kier molecular flexibility index (Phi) is 7.12. The molecule has 0 unspecified atom stereocenters. The molecule has 0 spiro atoms. The second kappa shape index (κ2) is 9.31. The fourth-order valence-electron chi connectivity index (χ4n) is 2.30. The highest BCUT2D eigenvalue weighted by molar-refractivity contribution is 9.10. The second-order valence-corrected chi connectivity index (χ2v) is 5.90. The molecule has 144 valence electrons. The molecule has 1 heterocycles. The van der Waals surface area contributed by atoms with Crippen LogP contribution in [0.3, 0.4) is 0 Å². The Labute approximate surface area is 162 Å². The maximum absolute atomic E-state index is 12.5. The number of esters is 2. The van der Waals surface area contributed by atoms with Crippen LogP contribution in [0, 0.1) is 0 Å². The lowest BCUT2D eigenvalue weighted by molar-refractivity contribution is -0.139. The van der Waals surface area contributed by atoms with Crippen molar-refractivity contribution in [1.82, 2.24) is 0 Å². The summed E-state index contributed by atoms with van der Waals surface area (Å²) in [6, 6.07) is 4.69. The Morgan fingerprint density at radius 3 is 2.48 bits per heavy atom. The fourth-order valence-corrected chi connectivity index (χ4v) is 2.87. The van der Waals surface area contributed by atoms with Crippen molar-refractivity contribution in [3.05, 3.63) is 58.4 Å². The van der Waals surface area contributed by atoms with Gasteiger partial charge in [0.1, 0.15) is 18.1 Å². The van der Waals surface area contributed by atoms with Gasteiger partial charge in [0.05, 0.1) is 30.0 Å². The van der Waals surface area contributed by atoms with Crippen molar-refractivity contribution in [2.24, 2.45) is 0 Å². The van der Waals surface area contributed by atoms with Crippen LogP contribution in [0.4, 0.5) is 14.5 Å². The summed E-state index contributed by atoms with van der Waals surface area (Å²) in [5, 5.41) is 0. The topological polar surface area (TPSA) is 65.1 Å². The van der Waals surface area contributed by atoms with E-state index >= 15 is 0 Å². The van der Waals surface area contributed by atoms with Gasteiger partial charge < -0.3 is 19.1 Å². The van der Waals surface area contributed by atoms with Crippen LogP contribution in [0.1, 0.15) is 0 Å². The normalized spacial score (nSPS) is 13.6. The predicted molar refractivity (Wildman–Crippen MR) is 97.5 cm³/mol. The second-order valence-electron chi connectivity index (χ2n) is 5.11. The number of allylic oxidation sites excluding steroid dienone is 2. The number of anilines is 1. The number of hydrogen-bond acceptors (Lipinski definition) is 6. The van der Waals surface area contributed by atoms with Crippen molar-refractivity contribution in [3.8, 4) is 5.75 Å². The van der Waals surface area contributed by atoms with Gasteiger partial charge in [-0.25, -0.2) is 18.4 Å². The average Bonchev–Trinajstić information content (AvgIpc) is 2.88. The van der Waals surface area contributed by atoms with Gasteiger partial charge in [-0.2, -0.15) is 0 Å². The van der Waals surface area contributed by atoms with E-state index < -0.39 is 25.0 Å². The molecule has 2 rings (SSSR count). The molecule has 1 aliphatic rings. The summed E-state index contributed by atoms with van der Waals surface area (Å²) >= 11 is 3.31. The van der Waals surface area contributed by atoms with Gasteiger partial charge in [-0.05, 0) is 40.2 Å². The molecule has 0 atom stereocenters. The number of halogens is 3. The van der Waals surface area contributed by atoms with Crippen LogP contribution >= 0.6 is 15.9 Å². The van der Waals surface area contributed by atoms with Gasteiger partial charge >= 0.3 is 11.9 Å². The first-order valence-corrected chi connectivity index (χ1v) is 8.44. The van der Waals surface area contributed by atoms with Gasteiger partial charge in [0.2, 0.25) is 0 Å². The molecule has 1 aromatic rings. The summed E-state index contributed by atoms with van der Waals surface area (Å²) in [5.74, 6) is -1.36. The monoisotopic (exact) mass is 443 g/mol. The molecule has 0 radical (unpaired) electrons. The molecular formula is C18H16BrF2NO5. The Morgan fingerprint density at radius 1 is 1.15 bits per heavy atom. The molecule has 6 nitrogen and oxygen atoms in total. The summed E-state index contributed by atoms with van der Waals surface area (Å²) in [7, 11) is 2.37. The molecule has 9 heteroatoms. The molecule has 0 N–H and O–H groups in total. The zero-order valence-corrected chi connectivity index (χ0v) is 16.0. The lowest BCUT2D eigenvalue weighted by atomic mass is 10.1. The highest BCUT2D eigenvalue weighted by atomic mass is 79.9. The summed E-state index contributed by atoms with van der Waals surface area (Å²) < 4.78 is 39.9. The molecule has 27 heavy (non-hydrogen) atoms. The van der Waals surface area contributed by atoms with Gasteiger partial charge in [-0.3, -0.25) is 0 Å². The number of carbonyl (C=O) groups is 2. The van der Waals surface area contributed by atoms with Crippen molar-refractivity contribution in [2.45, 2.75) is 6.43 Å². The number of alkyl halides is 2. The minimum absolute atomic E-state index is 0.0276. The first-order valence-electron chi connectivity index (χ1n) is 7.65. The lowest BCUT2D eigenvalue weighted by Crippen LogP contribution is -2.27. The Bertz CT molecular complexity index is 820. The van der Waals surface area contributed by atoms with E-state index in [0.29, 0.717) is 10.2 Å². The molecule has 0 fully saturated rings. The Hall–Kier alpha value is -2.68. The zero-order chi connectivity index (χ0) is 20.0. The summed E-state index contributed by atoms with van der Waals surface area (Å²) in [6.07, 6.45) is 3.45. The maximum atomic E-state index is 12.5. The molecule has 0 bridgehead atoms. The molecule has 0 aromatic heterocycles. The van der Waals surface area contributed by atoms with Gasteiger partial charge in [0.15, 0.2) is 0 Å². The smallest absolute Gasteiger partial charge is 0.355 e. The van der Waals surface area contributed by atoms with E-state index in [1.54, 1.807) is 24.3 Å². The van der Waals surface area contributed by atoms with Crippen LogP contribution in [-0.2, 0) is 19.1 Å². The van der Waals surface area contributed by atoms with Crippen LogP contribution in [0.25, 0.3) is 0 Å². The third-order valence-corrected chi connectivity index (χ3v) is 4.25. The number of carbonyl (C=O) groups excluding carboxylic acids is 2. The highest BCUT2D eigenvalue weighted by Gasteiger charge is 2.29. The van der Waals surface area contributed by atoms with Gasteiger partial charge in [-0.1, -0.05) is 12.1 Å². The van der Waals surface area contributed by atoms with E-state index in [4.69, 9.17) is 14.2 Å². The average molecular weight is 444 g/mol. The predicted octanol–water partition coefficient (Wildman–Crippen LogP) is 3.58. The van der Waals surface area contributed by atoms with Crippen LogP contribution < -0.4 is 9.64 Å². The quantitative estimate of drug-likeness (QED) is 0.626. The van der Waals surface area contributed by atoms with E-state index in [1.165, 1.54) is 37.5 Å². The molecule has 0 saturated heterocycles. The molecule has 1 aromatic carbocycles. The van der Waals surface area contributed by atoms with Crippen LogP contribution in [0.2, 0.25) is 0 Å². The van der Waals surface area contributed by atoms with Crippen molar-refractivity contribution in [1.29, 1.82) is 0 Å². The molecule has 0 aliphatic carbocycles. The SMILES string of the molecule is COC(=O)C1=C(C(=O)OC)N(c2cccc(OCC(F)F)c2Br)C=CC=C1.